The van der Waals surface area contributed by atoms with Crippen LogP contribution < -0.4 is 20.9 Å². The first-order chi connectivity index (χ1) is 33.1. The van der Waals surface area contributed by atoms with E-state index in [-0.39, 0.29) is 36.0 Å². The van der Waals surface area contributed by atoms with E-state index in [1.807, 2.05) is 95.7 Å². The summed E-state index contributed by atoms with van der Waals surface area (Å²) in [5, 5.41) is 36.2. The second-order valence-electron chi connectivity index (χ2n) is 17.3. The summed E-state index contributed by atoms with van der Waals surface area (Å²) in [4.78, 5) is 49.9. The van der Waals surface area contributed by atoms with Crippen LogP contribution in [0, 0.1) is 34.4 Å². The van der Waals surface area contributed by atoms with Crippen molar-refractivity contribution in [1.29, 1.82) is 15.8 Å². The Hall–Kier alpha value is -7.80. The Kier molecular flexibility index (Phi) is 16.7. The lowest BCUT2D eigenvalue weighted by molar-refractivity contribution is 0.0930. The van der Waals surface area contributed by atoms with Crippen LogP contribution in [0.5, 0.6) is 0 Å². The monoisotopic (exact) mass is 930 g/mol. The molecule has 5 heterocycles. The fourth-order valence-corrected chi connectivity index (χ4v) is 8.72. The van der Waals surface area contributed by atoms with Crippen molar-refractivity contribution in [2.24, 2.45) is 0 Å². The molecule has 4 amide bonds. The number of anilines is 1. The molecule has 68 heavy (non-hydrogen) atoms. The van der Waals surface area contributed by atoms with Crippen LogP contribution in [0.4, 0.5) is 10.6 Å². The summed E-state index contributed by atoms with van der Waals surface area (Å²) < 4.78 is 0. The lowest BCUT2D eigenvalue weighted by Crippen LogP contribution is -2.54. The number of nitrogens with one attached hydrogen (secondary N) is 3. The molecule has 9 rings (SSSR count). The molecule has 0 spiro atoms. The van der Waals surface area contributed by atoms with Crippen molar-refractivity contribution in [2.75, 3.05) is 64.3 Å². The third kappa shape index (κ3) is 13.2. The zero-order valence-corrected chi connectivity index (χ0v) is 38.8. The van der Waals surface area contributed by atoms with E-state index in [0.29, 0.717) is 54.8 Å². The number of urea groups is 1. The van der Waals surface area contributed by atoms with Gasteiger partial charge in [0.05, 0.1) is 11.6 Å². The van der Waals surface area contributed by atoms with E-state index >= 15 is 0 Å². The summed E-state index contributed by atoms with van der Waals surface area (Å²) in [6.07, 6.45) is 10.4. The van der Waals surface area contributed by atoms with E-state index < -0.39 is 0 Å². The number of aromatic nitrogens is 1. The average Bonchev–Trinajstić information content (AvgIpc) is 4.14. The Morgan fingerprint density at radius 2 is 1.13 bits per heavy atom. The predicted molar refractivity (Wildman–Crippen MR) is 261 cm³/mol. The topological polar surface area (TPSA) is 188 Å². The van der Waals surface area contributed by atoms with Crippen LogP contribution in [0.15, 0.2) is 128 Å². The van der Waals surface area contributed by atoms with Gasteiger partial charge < -0.3 is 40.4 Å². The van der Waals surface area contributed by atoms with E-state index in [0.717, 1.165) is 62.4 Å². The molecule has 3 atom stereocenters. The number of carbonyl (C=O) groups is 3. The van der Waals surface area contributed by atoms with Crippen LogP contribution in [-0.2, 0) is 6.54 Å². The molecule has 5 aromatic rings. The summed E-state index contributed by atoms with van der Waals surface area (Å²) in [5.74, 6) is 1.02. The van der Waals surface area contributed by atoms with Crippen LogP contribution >= 0.6 is 11.6 Å². The Morgan fingerprint density at radius 1 is 0.632 bits per heavy atom. The highest BCUT2D eigenvalue weighted by atomic mass is 35.5. The van der Waals surface area contributed by atoms with Crippen molar-refractivity contribution in [1.82, 2.24) is 40.5 Å². The molecule has 4 aromatic carbocycles. The molecular formula is C52H55ClN12O3. The van der Waals surface area contributed by atoms with Gasteiger partial charge in [0.15, 0.2) is 18.6 Å². The van der Waals surface area contributed by atoms with Gasteiger partial charge in [-0.2, -0.15) is 15.8 Å². The van der Waals surface area contributed by atoms with Gasteiger partial charge in [0.1, 0.15) is 5.82 Å². The van der Waals surface area contributed by atoms with Crippen LogP contribution in [0.1, 0.15) is 57.0 Å². The van der Waals surface area contributed by atoms with Crippen molar-refractivity contribution in [3.8, 4) is 29.7 Å². The standard InChI is InChI=1S/C19H21N5O.C18H16ClN3O.C15H18N4O/c1-23(12-15-5-3-2-4-6-15)18-8-7-16(11-21-18)19(25)22-17-9-10-24(13-17)14-20;19-17-4-2-1-3-16(17)13-5-7-14(8-6-13)18(23)21-15-9-10-22(11-15)12-20;16-11-18-7-6-14(10-18)17-15(20)19-8-13(9-19)12-4-2-1-3-5-12/h2-8,11,17H,9-10,12-13H2,1H3,(H,22,25);1-8,15H,9-11H2,(H,21,23);1-5,13-14H,6-10H2,(H,17,20)/t;;14-/m..1/s1. The van der Waals surface area contributed by atoms with E-state index in [1.54, 1.807) is 39.1 Å². The van der Waals surface area contributed by atoms with Gasteiger partial charge in [0.2, 0.25) is 0 Å². The van der Waals surface area contributed by atoms with Crippen molar-refractivity contribution < 1.29 is 14.4 Å². The SMILES string of the molecule is CN(Cc1ccccc1)c1ccc(C(=O)NC2CCN(C#N)C2)cn1.N#CN1CCC(NC(=O)c2ccc(-c3ccccc3Cl)cc2)C1.N#CN1CC[C@@H](NC(=O)N2CC(c3ccccc3)C2)C1. The first-order valence-corrected chi connectivity index (χ1v) is 23.2. The largest absolute Gasteiger partial charge is 0.355 e. The minimum atomic E-state index is -0.144. The minimum Gasteiger partial charge on any atom is -0.355 e. The second kappa shape index (κ2) is 23.6. The van der Waals surface area contributed by atoms with Crippen molar-refractivity contribution in [3.05, 3.63) is 155 Å². The molecule has 4 aliphatic heterocycles. The van der Waals surface area contributed by atoms with Gasteiger partial charge >= 0.3 is 6.03 Å². The summed E-state index contributed by atoms with van der Waals surface area (Å²) in [6.45, 7) is 6.26. The number of nitrogens with zero attached hydrogens (tertiary/aromatic N) is 9. The number of pyridine rings is 1. The van der Waals surface area contributed by atoms with Gasteiger partial charge in [0.25, 0.3) is 11.8 Å². The summed E-state index contributed by atoms with van der Waals surface area (Å²) in [5.41, 5.74) is 5.57. The van der Waals surface area contributed by atoms with Crippen molar-refractivity contribution in [3.63, 3.8) is 0 Å². The van der Waals surface area contributed by atoms with E-state index in [2.05, 4.69) is 63.8 Å². The molecule has 4 saturated heterocycles. The number of rotatable bonds is 10. The normalized spacial score (nSPS) is 18.2. The third-order valence-corrected chi connectivity index (χ3v) is 12.8. The van der Waals surface area contributed by atoms with Crippen LogP contribution in [0.2, 0.25) is 5.02 Å². The highest BCUT2D eigenvalue weighted by molar-refractivity contribution is 6.33. The first-order valence-electron chi connectivity index (χ1n) is 22.8. The average molecular weight is 932 g/mol. The van der Waals surface area contributed by atoms with Gasteiger partial charge in [-0.25, -0.2) is 9.78 Å². The number of likely N-dealkylation sites (tertiary alicyclic amines) is 4. The third-order valence-electron chi connectivity index (χ3n) is 12.4. The zero-order chi connectivity index (χ0) is 47.8. The van der Waals surface area contributed by atoms with Gasteiger partial charge in [-0.1, -0.05) is 103 Å². The van der Waals surface area contributed by atoms with E-state index in [4.69, 9.17) is 27.4 Å². The quantitative estimate of drug-likeness (QED) is 0.127. The lowest BCUT2D eigenvalue weighted by Gasteiger charge is -2.40. The Bertz CT molecular complexity index is 2590. The number of nitriles is 3. The fraction of sp³-hybridized carbons (Fsp3) is 0.327. The van der Waals surface area contributed by atoms with E-state index in [1.165, 1.54) is 11.1 Å². The minimum absolute atomic E-state index is 0.00182. The molecule has 0 saturated carbocycles. The van der Waals surface area contributed by atoms with Gasteiger partial charge in [-0.05, 0) is 66.3 Å². The van der Waals surface area contributed by atoms with Gasteiger partial charge in [-0.3, -0.25) is 9.59 Å². The summed E-state index contributed by atoms with van der Waals surface area (Å²) >= 11 is 6.19. The second-order valence-corrected chi connectivity index (χ2v) is 17.7. The molecule has 0 bridgehead atoms. The summed E-state index contributed by atoms with van der Waals surface area (Å²) in [6, 6.07) is 39.3. The van der Waals surface area contributed by atoms with E-state index in [9.17, 15) is 14.4 Å². The molecule has 2 unspecified atom stereocenters. The molecule has 1 aromatic heterocycles. The maximum Gasteiger partial charge on any atom is 0.317 e. The number of benzene rings is 4. The Morgan fingerprint density at radius 3 is 1.65 bits per heavy atom. The number of carbonyl (C=O) groups excluding carboxylic acids is 3. The number of amides is 4. The van der Waals surface area contributed by atoms with Gasteiger partial charge in [-0.15, -0.1) is 0 Å². The Balaban J connectivity index is 0.000000152. The maximum absolute atomic E-state index is 12.3. The van der Waals surface area contributed by atoms with Crippen LogP contribution in [0.25, 0.3) is 11.1 Å². The van der Waals surface area contributed by atoms with Crippen LogP contribution in [-0.4, -0.2) is 120 Å². The maximum atomic E-state index is 12.3. The smallest absolute Gasteiger partial charge is 0.317 e. The first kappa shape index (κ1) is 48.1. The summed E-state index contributed by atoms with van der Waals surface area (Å²) in [7, 11) is 1.98. The number of hydrogen-bond donors (Lipinski definition) is 3. The highest BCUT2D eigenvalue weighted by Gasteiger charge is 2.33. The lowest BCUT2D eigenvalue weighted by atomic mass is 9.92. The zero-order valence-electron chi connectivity index (χ0n) is 38.0. The molecule has 4 fully saturated rings. The highest BCUT2D eigenvalue weighted by Crippen LogP contribution is 2.28. The molecule has 348 valence electrons. The van der Waals surface area contributed by atoms with Crippen molar-refractivity contribution >= 4 is 35.3 Å². The molecule has 4 aliphatic rings. The molecule has 3 N–H and O–H groups in total. The molecule has 16 heteroatoms. The number of hydrogen-bond acceptors (Lipinski definition) is 11. The molecule has 0 aliphatic carbocycles. The Labute approximate surface area is 403 Å². The predicted octanol–water partition coefficient (Wildman–Crippen LogP) is 6.65. The molecule has 0 radical (unpaired) electrons. The van der Waals surface area contributed by atoms with Crippen molar-refractivity contribution in [2.45, 2.75) is 49.9 Å². The van der Waals surface area contributed by atoms with Gasteiger partial charge in [0, 0.05) is 106 Å². The molecule has 15 nitrogen and oxygen atoms in total. The van der Waals surface area contributed by atoms with Crippen LogP contribution in [0.3, 0.4) is 0 Å². The molecular weight excluding hydrogens is 876 g/mol. The fourth-order valence-electron chi connectivity index (χ4n) is 8.47. The number of halogens is 1.